The van der Waals surface area contributed by atoms with E-state index < -0.39 is 5.82 Å². The third kappa shape index (κ3) is 4.62. The van der Waals surface area contributed by atoms with E-state index in [9.17, 15) is 9.18 Å². The second kappa shape index (κ2) is 7.29. The molecule has 1 N–H and O–H groups in total. The second-order valence-electron chi connectivity index (χ2n) is 4.23. The van der Waals surface area contributed by atoms with Gasteiger partial charge in [-0.25, -0.2) is 4.39 Å². The minimum absolute atomic E-state index is 0.119. The van der Waals surface area contributed by atoms with Crippen molar-refractivity contribution in [3.05, 3.63) is 63.9 Å². The van der Waals surface area contributed by atoms with E-state index in [1.54, 1.807) is 6.07 Å². The van der Waals surface area contributed by atoms with Crippen LogP contribution in [0.15, 0.2) is 42.5 Å². The number of hydrogen-bond donors (Lipinski definition) is 1. The number of amides is 1. The fraction of sp³-hybridized carbons (Fsp3) is 0.133. The van der Waals surface area contributed by atoms with Crippen LogP contribution in [-0.4, -0.2) is 12.5 Å². The molecule has 2 aromatic carbocycles. The van der Waals surface area contributed by atoms with E-state index in [1.807, 2.05) is 18.2 Å². The van der Waals surface area contributed by atoms with Crippen LogP contribution in [0.3, 0.4) is 0 Å². The molecule has 1 amide bonds. The van der Waals surface area contributed by atoms with Gasteiger partial charge in [0.1, 0.15) is 11.6 Å². The molecule has 0 aromatic heterocycles. The van der Waals surface area contributed by atoms with Crippen LogP contribution in [0.2, 0.25) is 10.0 Å². The van der Waals surface area contributed by atoms with Crippen LogP contribution in [0.5, 0.6) is 5.75 Å². The Morgan fingerprint density at radius 2 is 1.90 bits per heavy atom. The van der Waals surface area contributed by atoms with Crippen molar-refractivity contribution in [2.45, 2.75) is 6.54 Å². The Labute approximate surface area is 131 Å². The summed E-state index contributed by atoms with van der Waals surface area (Å²) in [5, 5.41) is 3.38. The smallest absolute Gasteiger partial charge is 0.258 e. The van der Waals surface area contributed by atoms with Gasteiger partial charge >= 0.3 is 0 Å². The van der Waals surface area contributed by atoms with E-state index in [0.717, 1.165) is 11.6 Å². The minimum Gasteiger partial charge on any atom is -0.482 e. The van der Waals surface area contributed by atoms with Gasteiger partial charge < -0.3 is 10.1 Å². The van der Waals surface area contributed by atoms with Gasteiger partial charge in [0, 0.05) is 11.6 Å². The fourth-order valence-corrected chi connectivity index (χ4v) is 2.05. The van der Waals surface area contributed by atoms with Crippen LogP contribution in [-0.2, 0) is 11.3 Å². The van der Waals surface area contributed by atoms with Crippen LogP contribution in [0.25, 0.3) is 0 Å². The van der Waals surface area contributed by atoms with Gasteiger partial charge in [-0.3, -0.25) is 4.79 Å². The number of carbonyl (C=O) groups excluding carboxylic acids is 1. The molecule has 3 nitrogen and oxygen atoms in total. The molecule has 0 atom stereocenters. The van der Waals surface area contributed by atoms with Crippen LogP contribution < -0.4 is 10.1 Å². The van der Waals surface area contributed by atoms with Crippen molar-refractivity contribution < 1.29 is 13.9 Å². The summed E-state index contributed by atoms with van der Waals surface area (Å²) in [5.74, 6) is -0.531. The lowest BCUT2D eigenvalue weighted by Crippen LogP contribution is -2.28. The highest BCUT2D eigenvalue weighted by molar-refractivity contribution is 6.32. The van der Waals surface area contributed by atoms with Crippen LogP contribution >= 0.6 is 23.2 Å². The number of benzene rings is 2. The Morgan fingerprint density at radius 1 is 1.14 bits per heavy atom. The summed E-state index contributed by atoms with van der Waals surface area (Å²) in [5.41, 5.74) is 0.812. The molecule has 0 aliphatic carbocycles. The van der Waals surface area contributed by atoms with Gasteiger partial charge in [0.25, 0.3) is 5.91 Å². The molecule has 0 spiro atoms. The van der Waals surface area contributed by atoms with Crippen LogP contribution in [0.1, 0.15) is 5.56 Å². The van der Waals surface area contributed by atoms with Gasteiger partial charge in [0.05, 0.1) is 5.02 Å². The number of halogens is 3. The molecule has 110 valence electrons. The zero-order chi connectivity index (χ0) is 15.2. The minimum atomic E-state index is -0.462. The number of nitrogens with one attached hydrogen (secondary N) is 1. The molecule has 0 aliphatic rings. The van der Waals surface area contributed by atoms with Crippen molar-refractivity contribution in [2.24, 2.45) is 0 Å². The van der Waals surface area contributed by atoms with E-state index in [0.29, 0.717) is 11.6 Å². The first-order valence-electron chi connectivity index (χ1n) is 6.14. The third-order valence-electron chi connectivity index (χ3n) is 2.69. The molecule has 0 bridgehead atoms. The number of ether oxygens (including phenoxy) is 1. The molecule has 2 aromatic rings. The first-order chi connectivity index (χ1) is 10.1. The zero-order valence-corrected chi connectivity index (χ0v) is 12.4. The molecule has 0 fully saturated rings. The van der Waals surface area contributed by atoms with E-state index in [4.69, 9.17) is 27.9 Å². The summed E-state index contributed by atoms with van der Waals surface area (Å²) >= 11 is 11.8. The largest absolute Gasteiger partial charge is 0.482 e. The molecule has 0 unspecified atom stereocenters. The maximum absolute atomic E-state index is 12.9. The average Bonchev–Trinajstić information content (AvgIpc) is 2.45. The molecule has 0 saturated carbocycles. The molecule has 6 heteroatoms. The Kier molecular flexibility index (Phi) is 5.42. The summed E-state index contributed by atoms with van der Waals surface area (Å²) in [4.78, 5) is 11.7. The molecular formula is C15H12Cl2FNO2. The Bertz CT molecular complexity index is 649. The van der Waals surface area contributed by atoms with Crippen LogP contribution in [0.4, 0.5) is 4.39 Å². The zero-order valence-electron chi connectivity index (χ0n) is 10.9. The van der Waals surface area contributed by atoms with Gasteiger partial charge in [-0.15, -0.1) is 0 Å². The first kappa shape index (κ1) is 15.6. The first-order valence-corrected chi connectivity index (χ1v) is 6.90. The predicted molar refractivity (Wildman–Crippen MR) is 80.2 cm³/mol. The molecule has 21 heavy (non-hydrogen) atoms. The monoisotopic (exact) mass is 327 g/mol. The van der Waals surface area contributed by atoms with Crippen molar-refractivity contribution in [3.63, 3.8) is 0 Å². The van der Waals surface area contributed by atoms with Crippen molar-refractivity contribution in [1.29, 1.82) is 0 Å². The highest BCUT2D eigenvalue weighted by Crippen LogP contribution is 2.24. The fourth-order valence-electron chi connectivity index (χ4n) is 1.62. The Morgan fingerprint density at radius 3 is 2.62 bits per heavy atom. The lowest BCUT2D eigenvalue weighted by atomic mass is 10.2. The van der Waals surface area contributed by atoms with Crippen molar-refractivity contribution in [3.8, 4) is 5.75 Å². The van der Waals surface area contributed by atoms with E-state index in [2.05, 4.69) is 5.32 Å². The summed E-state index contributed by atoms with van der Waals surface area (Å²) in [6.45, 7) is 0.0921. The maximum atomic E-state index is 12.9. The summed E-state index contributed by atoms with van der Waals surface area (Å²) < 4.78 is 18.1. The second-order valence-corrected chi connectivity index (χ2v) is 5.05. The summed E-state index contributed by atoms with van der Waals surface area (Å²) in [6, 6.07) is 10.9. The lowest BCUT2D eigenvalue weighted by Gasteiger charge is -2.09. The molecule has 2 rings (SSSR count). The van der Waals surface area contributed by atoms with E-state index >= 15 is 0 Å². The molecule has 0 heterocycles. The molecule has 0 radical (unpaired) electrons. The van der Waals surface area contributed by atoms with Gasteiger partial charge in [0.15, 0.2) is 6.61 Å². The molecule has 0 aliphatic heterocycles. The predicted octanol–water partition coefficient (Wildman–Crippen LogP) is 3.83. The van der Waals surface area contributed by atoms with E-state index in [1.165, 1.54) is 12.1 Å². The van der Waals surface area contributed by atoms with Crippen LogP contribution in [0, 0.1) is 5.82 Å². The maximum Gasteiger partial charge on any atom is 0.258 e. The number of hydrogen-bond acceptors (Lipinski definition) is 2. The normalized spacial score (nSPS) is 10.2. The number of carbonyl (C=O) groups is 1. The Balaban J connectivity index is 1.84. The van der Waals surface area contributed by atoms with E-state index in [-0.39, 0.29) is 23.3 Å². The topological polar surface area (TPSA) is 38.3 Å². The van der Waals surface area contributed by atoms with Gasteiger partial charge in [0.2, 0.25) is 0 Å². The summed E-state index contributed by atoms with van der Waals surface area (Å²) in [6.07, 6.45) is 0. The average molecular weight is 328 g/mol. The molecule has 0 saturated heterocycles. The van der Waals surface area contributed by atoms with Crippen molar-refractivity contribution >= 4 is 29.1 Å². The standard InChI is InChI=1S/C15H12Cl2FNO2/c16-12-4-2-1-3-10(12)8-19-15(20)9-21-14-6-5-11(18)7-13(14)17/h1-7H,8-9H2,(H,19,20). The van der Waals surface area contributed by atoms with Gasteiger partial charge in [-0.05, 0) is 29.8 Å². The van der Waals surface area contributed by atoms with Gasteiger partial charge in [-0.2, -0.15) is 0 Å². The van der Waals surface area contributed by atoms with Crippen molar-refractivity contribution in [1.82, 2.24) is 5.32 Å². The van der Waals surface area contributed by atoms with Gasteiger partial charge in [-0.1, -0.05) is 41.4 Å². The lowest BCUT2D eigenvalue weighted by molar-refractivity contribution is -0.123. The summed E-state index contributed by atoms with van der Waals surface area (Å²) in [7, 11) is 0. The van der Waals surface area contributed by atoms with Crippen molar-refractivity contribution in [2.75, 3.05) is 6.61 Å². The number of rotatable bonds is 5. The SMILES string of the molecule is O=C(COc1ccc(F)cc1Cl)NCc1ccccc1Cl. The highest BCUT2D eigenvalue weighted by atomic mass is 35.5. The highest BCUT2D eigenvalue weighted by Gasteiger charge is 2.07. The molecular weight excluding hydrogens is 316 g/mol. The third-order valence-corrected chi connectivity index (χ3v) is 3.35. The Hall–Kier alpha value is -1.78. The quantitative estimate of drug-likeness (QED) is 0.906.